The third kappa shape index (κ3) is 4.49. The van der Waals surface area contributed by atoms with Crippen molar-refractivity contribution in [2.24, 2.45) is 0 Å². The average molecular weight is 486 g/mol. The Morgan fingerprint density at radius 2 is 1.62 bits per heavy atom. The van der Waals surface area contributed by atoms with Gasteiger partial charge in [0.05, 0.1) is 25.2 Å². The summed E-state index contributed by atoms with van der Waals surface area (Å²) in [4.78, 5) is 2.06. The van der Waals surface area contributed by atoms with Crippen molar-refractivity contribution in [2.75, 3.05) is 20.5 Å². The Hall–Kier alpha value is -2.52. The SMILES string of the molecule is COc1ccc(S(=O)(=O)N[C@H](c2cc3ccccc3s2)c2ccccc2SC)cc1OC. The normalized spacial score (nSPS) is 12.6. The van der Waals surface area contributed by atoms with Crippen LogP contribution in [0, 0.1) is 0 Å². The first kappa shape index (κ1) is 22.7. The van der Waals surface area contributed by atoms with E-state index in [-0.39, 0.29) is 4.90 Å². The number of thiophene rings is 1. The fourth-order valence-electron chi connectivity index (χ4n) is 3.53. The molecule has 0 aliphatic heterocycles. The molecule has 1 N–H and O–H groups in total. The van der Waals surface area contributed by atoms with Gasteiger partial charge < -0.3 is 9.47 Å². The highest BCUT2D eigenvalue weighted by atomic mass is 32.2. The summed E-state index contributed by atoms with van der Waals surface area (Å²) in [5, 5.41) is 1.09. The minimum atomic E-state index is -3.86. The van der Waals surface area contributed by atoms with Crippen molar-refractivity contribution >= 4 is 43.2 Å². The van der Waals surface area contributed by atoms with Gasteiger partial charge in [-0.05, 0) is 47.5 Å². The van der Waals surface area contributed by atoms with Crippen LogP contribution in [0.25, 0.3) is 10.1 Å². The summed E-state index contributed by atoms with van der Waals surface area (Å²) in [7, 11) is -0.866. The molecule has 3 aromatic carbocycles. The van der Waals surface area contributed by atoms with Crippen LogP contribution < -0.4 is 14.2 Å². The zero-order chi connectivity index (χ0) is 22.7. The van der Waals surface area contributed by atoms with Crippen molar-refractivity contribution in [3.8, 4) is 11.5 Å². The fraction of sp³-hybridized carbons (Fsp3) is 0.167. The number of benzene rings is 3. The maximum absolute atomic E-state index is 13.5. The van der Waals surface area contributed by atoms with E-state index in [9.17, 15) is 8.42 Å². The third-order valence-corrected chi connectivity index (χ3v) is 8.53. The summed E-state index contributed by atoms with van der Waals surface area (Å²) in [6, 6.07) is 22.0. The van der Waals surface area contributed by atoms with Crippen LogP contribution in [0.1, 0.15) is 16.5 Å². The number of hydrogen-bond donors (Lipinski definition) is 1. The molecular formula is C24H23NO4S3. The highest BCUT2D eigenvalue weighted by Crippen LogP contribution is 2.38. The molecular weight excluding hydrogens is 462 g/mol. The number of hydrogen-bond acceptors (Lipinski definition) is 6. The maximum atomic E-state index is 13.5. The molecule has 32 heavy (non-hydrogen) atoms. The summed E-state index contributed by atoms with van der Waals surface area (Å²) in [6.45, 7) is 0. The first-order valence-electron chi connectivity index (χ1n) is 9.82. The largest absolute Gasteiger partial charge is 0.493 e. The minimum Gasteiger partial charge on any atom is -0.493 e. The highest BCUT2D eigenvalue weighted by Gasteiger charge is 2.27. The van der Waals surface area contributed by atoms with Crippen LogP contribution in [0.5, 0.6) is 11.5 Å². The molecule has 4 rings (SSSR count). The molecule has 0 radical (unpaired) electrons. The van der Waals surface area contributed by atoms with Gasteiger partial charge in [0.15, 0.2) is 11.5 Å². The molecule has 0 aliphatic carbocycles. The highest BCUT2D eigenvalue weighted by molar-refractivity contribution is 7.98. The Bertz CT molecular complexity index is 1320. The van der Waals surface area contributed by atoms with Gasteiger partial charge in [-0.3, -0.25) is 0 Å². The molecule has 1 aromatic heterocycles. The molecule has 8 heteroatoms. The Kier molecular flexibility index (Phi) is 6.76. The van der Waals surface area contributed by atoms with Crippen LogP contribution in [0.2, 0.25) is 0 Å². The van der Waals surface area contributed by atoms with Gasteiger partial charge in [0.25, 0.3) is 0 Å². The fourth-order valence-corrected chi connectivity index (χ4v) is 6.59. The zero-order valence-electron chi connectivity index (χ0n) is 17.9. The van der Waals surface area contributed by atoms with E-state index in [1.54, 1.807) is 29.2 Å². The van der Waals surface area contributed by atoms with E-state index < -0.39 is 16.1 Å². The third-order valence-electron chi connectivity index (χ3n) is 5.12. The molecule has 0 amide bonds. The number of ether oxygens (including phenoxy) is 2. The maximum Gasteiger partial charge on any atom is 0.241 e. The number of nitrogens with one attached hydrogen (secondary N) is 1. The predicted molar refractivity (Wildman–Crippen MR) is 132 cm³/mol. The Balaban J connectivity index is 1.81. The lowest BCUT2D eigenvalue weighted by molar-refractivity contribution is 0.354. The summed E-state index contributed by atoms with van der Waals surface area (Å²) in [5.41, 5.74) is 0.913. The van der Waals surface area contributed by atoms with E-state index in [1.807, 2.05) is 54.8 Å². The van der Waals surface area contributed by atoms with Gasteiger partial charge in [-0.1, -0.05) is 36.4 Å². The molecule has 0 aliphatic rings. The molecule has 166 valence electrons. The standard InChI is InChI=1S/C24H23NO4S3/c1-28-19-13-12-17(15-20(19)29-2)32(26,27)25-24(18-9-5-7-11-22(18)30-3)23-14-16-8-4-6-10-21(16)31-23/h4-15,24-25H,1-3H3/t24-/m0/s1. The van der Waals surface area contributed by atoms with Gasteiger partial charge in [-0.2, -0.15) is 4.72 Å². The first-order chi connectivity index (χ1) is 15.5. The lowest BCUT2D eigenvalue weighted by Crippen LogP contribution is -2.29. The number of sulfonamides is 1. The van der Waals surface area contributed by atoms with Crippen LogP contribution in [0.3, 0.4) is 0 Å². The van der Waals surface area contributed by atoms with Gasteiger partial charge >= 0.3 is 0 Å². The average Bonchev–Trinajstić information content (AvgIpc) is 3.26. The number of fused-ring (bicyclic) bond motifs is 1. The zero-order valence-corrected chi connectivity index (χ0v) is 20.3. The monoisotopic (exact) mass is 485 g/mol. The second kappa shape index (κ2) is 9.54. The topological polar surface area (TPSA) is 64.6 Å². The smallest absolute Gasteiger partial charge is 0.241 e. The van der Waals surface area contributed by atoms with Crippen LogP contribution in [-0.2, 0) is 10.0 Å². The molecule has 5 nitrogen and oxygen atoms in total. The lowest BCUT2D eigenvalue weighted by Gasteiger charge is -2.21. The Morgan fingerprint density at radius 1 is 0.906 bits per heavy atom. The number of rotatable bonds is 8. The molecule has 0 fully saturated rings. The molecule has 0 unspecified atom stereocenters. The quantitative estimate of drug-likeness (QED) is 0.324. The molecule has 0 saturated carbocycles. The van der Waals surface area contributed by atoms with Crippen molar-refractivity contribution in [1.29, 1.82) is 0 Å². The van der Waals surface area contributed by atoms with Crippen LogP contribution in [0.15, 0.2) is 82.6 Å². The first-order valence-corrected chi connectivity index (χ1v) is 13.3. The Morgan fingerprint density at radius 3 is 2.34 bits per heavy atom. The van der Waals surface area contributed by atoms with E-state index in [1.165, 1.54) is 26.4 Å². The van der Waals surface area contributed by atoms with Gasteiger partial charge in [-0.15, -0.1) is 23.1 Å². The van der Waals surface area contributed by atoms with E-state index in [0.29, 0.717) is 11.5 Å². The lowest BCUT2D eigenvalue weighted by atomic mass is 10.1. The van der Waals surface area contributed by atoms with Gasteiger partial charge in [0, 0.05) is 20.5 Å². The van der Waals surface area contributed by atoms with Crippen LogP contribution >= 0.6 is 23.1 Å². The summed E-state index contributed by atoms with van der Waals surface area (Å²) >= 11 is 3.18. The molecule has 0 spiro atoms. The van der Waals surface area contributed by atoms with Crippen molar-refractivity contribution in [2.45, 2.75) is 15.8 Å². The van der Waals surface area contributed by atoms with E-state index in [2.05, 4.69) is 10.8 Å². The summed E-state index contributed by atoms with van der Waals surface area (Å²) < 4.78 is 41.5. The number of thioether (sulfide) groups is 1. The van der Waals surface area contributed by atoms with Crippen LogP contribution in [0.4, 0.5) is 0 Å². The van der Waals surface area contributed by atoms with Gasteiger partial charge in [0.1, 0.15) is 0 Å². The Labute approximate surface area is 196 Å². The summed E-state index contributed by atoms with van der Waals surface area (Å²) in [5.74, 6) is 0.832. The molecule has 0 saturated heterocycles. The molecule has 1 heterocycles. The molecule has 0 bridgehead atoms. The van der Waals surface area contributed by atoms with Gasteiger partial charge in [-0.25, -0.2) is 8.42 Å². The van der Waals surface area contributed by atoms with E-state index in [0.717, 1.165) is 25.4 Å². The van der Waals surface area contributed by atoms with E-state index >= 15 is 0 Å². The van der Waals surface area contributed by atoms with Crippen LogP contribution in [-0.4, -0.2) is 28.9 Å². The summed E-state index contributed by atoms with van der Waals surface area (Å²) in [6.07, 6.45) is 1.99. The van der Waals surface area contributed by atoms with Crippen molar-refractivity contribution in [3.63, 3.8) is 0 Å². The molecule has 1 atom stereocenters. The second-order valence-electron chi connectivity index (χ2n) is 7.00. The van der Waals surface area contributed by atoms with Crippen molar-refractivity contribution in [1.82, 2.24) is 4.72 Å². The minimum absolute atomic E-state index is 0.114. The number of methoxy groups -OCH3 is 2. The second-order valence-corrected chi connectivity index (χ2v) is 10.7. The van der Waals surface area contributed by atoms with Crippen molar-refractivity contribution in [3.05, 3.63) is 83.2 Å². The van der Waals surface area contributed by atoms with Crippen molar-refractivity contribution < 1.29 is 17.9 Å². The van der Waals surface area contributed by atoms with E-state index in [4.69, 9.17) is 9.47 Å². The predicted octanol–water partition coefficient (Wildman–Crippen LogP) is 5.71. The van der Waals surface area contributed by atoms with Gasteiger partial charge in [0.2, 0.25) is 10.0 Å². The molecule has 4 aromatic rings.